The normalized spacial score (nSPS) is 10.4. The Kier molecular flexibility index (Phi) is 6.36. The molecule has 1 N–H and O–H groups in total. The first kappa shape index (κ1) is 16.9. The first-order valence-electron chi connectivity index (χ1n) is 7.50. The lowest BCUT2D eigenvalue weighted by molar-refractivity contribution is 0.308. The summed E-state index contributed by atoms with van der Waals surface area (Å²) in [5.74, 6) is 1.61. The van der Waals surface area contributed by atoms with Gasteiger partial charge >= 0.3 is 0 Å². The Morgan fingerprint density at radius 3 is 2.36 bits per heavy atom. The predicted octanol–water partition coefficient (Wildman–Crippen LogP) is 4.87. The number of ether oxygens (including phenoxy) is 2. The monoisotopic (exact) mass is 411 g/mol. The quantitative estimate of drug-likeness (QED) is 0.660. The molecule has 0 radical (unpaired) electrons. The van der Waals surface area contributed by atoms with Crippen LogP contribution in [0.15, 0.2) is 36.4 Å². The van der Waals surface area contributed by atoms with Crippen LogP contribution in [0.4, 0.5) is 5.69 Å². The summed E-state index contributed by atoms with van der Waals surface area (Å²) >= 11 is 2.29. The van der Waals surface area contributed by atoms with Crippen LogP contribution in [0.1, 0.15) is 25.0 Å². The number of aryl methyl sites for hydroxylation is 1. The molecule has 3 nitrogen and oxygen atoms in total. The molecule has 2 rings (SSSR count). The van der Waals surface area contributed by atoms with Gasteiger partial charge in [0, 0.05) is 12.2 Å². The minimum absolute atomic E-state index is 0.633. The Morgan fingerprint density at radius 1 is 1.05 bits per heavy atom. The Balaban J connectivity index is 2.10. The van der Waals surface area contributed by atoms with E-state index in [4.69, 9.17) is 9.47 Å². The van der Waals surface area contributed by atoms with Crippen molar-refractivity contribution >= 4 is 28.3 Å². The SMILES string of the molecule is CCOc1c(I)cc(CNc2ccc(CC)cc2)cc1OC. The minimum Gasteiger partial charge on any atom is -0.493 e. The van der Waals surface area contributed by atoms with Crippen LogP contribution in [0.3, 0.4) is 0 Å². The molecule has 22 heavy (non-hydrogen) atoms. The van der Waals surface area contributed by atoms with E-state index in [1.165, 1.54) is 11.1 Å². The zero-order chi connectivity index (χ0) is 15.9. The van der Waals surface area contributed by atoms with E-state index >= 15 is 0 Å². The van der Waals surface area contributed by atoms with Gasteiger partial charge in [0.05, 0.1) is 17.3 Å². The topological polar surface area (TPSA) is 30.5 Å². The molecule has 0 aromatic heterocycles. The molecule has 0 spiro atoms. The molecule has 0 saturated carbocycles. The van der Waals surface area contributed by atoms with E-state index in [0.717, 1.165) is 33.7 Å². The molecule has 2 aromatic carbocycles. The predicted molar refractivity (Wildman–Crippen MR) is 100 cm³/mol. The van der Waals surface area contributed by atoms with E-state index in [2.05, 4.69) is 65.2 Å². The number of anilines is 1. The van der Waals surface area contributed by atoms with Gasteiger partial charge < -0.3 is 14.8 Å². The highest BCUT2D eigenvalue weighted by Crippen LogP contribution is 2.34. The molecular weight excluding hydrogens is 389 g/mol. The van der Waals surface area contributed by atoms with E-state index in [1.54, 1.807) is 7.11 Å². The third kappa shape index (κ3) is 4.29. The standard InChI is InChI=1S/C18H22INO2/c1-4-13-6-8-15(9-7-13)20-12-14-10-16(19)18(22-5-2)17(11-14)21-3/h6-11,20H,4-5,12H2,1-3H3. The summed E-state index contributed by atoms with van der Waals surface area (Å²) in [7, 11) is 1.68. The second-order valence-electron chi connectivity index (χ2n) is 4.95. The highest BCUT2D eigenvalue weighted by atomic mass is 127. The van der Waals surface area contributed by atoms with Crippen LogP contribution in [0.5, 0.6) is 11.5 Å². The lowest BCUT2D eigenvalue weighted by Crippen LogP contribution is -2.03. The Hall–Kier alpha value is -1.43. The molecule has 0 atom stereocenters. The maximum absolute atomic E-state index is 5.65. The van der Waals surface area contributed by atoms with Crippen molar-refractivity contribution in [3.05, 3.63) is 51.1 Å². The Bertz CT molecular complexity index is 611. The van der Waals surface area contributed by atoms with E-state index in [-0.39, 0.29) is 0 Å². The van der Waals surface area contributed by atoms with E-state index in [1.807, 2.05) is 13.0 Å². The van der Waals surface area contributed by atoms with Crippen molar-refractivity contribution in [2.75, 3.05) is 19.0 Å². The molecule has 0 bridgehead atoms. The molecule has 0 fully saturated rings. The minimum atomic E-state index is 0.633. The smallest absolute Gasteiger partial charge is 0.174 e. The van der Waals surface area contributed by atoms with Gasteiger partial charge in [-0.05, 0) is 71.3 Å². The second-order valence-corrected chi connectivity index (χ2v) is 6.11. The Morgan fingerprint density at radius 2 is 1.77 bits per heavy atom. The van der Waals surface area contributed by atoms with Gasteiger partial charge in [0.15, 0.2) is 11.5 Å². The van der Waals surface area contributed by atoms with Crippen LogP contribution in [-0.4, -0.2) is 13.7 Å². The average molecular weight is 411 g/mol. The molecule has 0 unspecified atom stereocenters. The number of methoxy groups -OCH3 is 1. The molecule has 0 amide bonds. The highest BCUT2D eigenvalue weighted by molar-refractivity contribution is 14.1. The lowest BCUT2D eigenvalue weighted by Gasteiger charge is -2.14. The first-order chi connectivity index (χ1) is 10.7. The number of halogens is 1. The molecule has 0 aliphatic carbocycles. The van der Waals surface area contributed by atoms with Crippen molar-refractivity contribution in [3.8, 4) is 11.5 Å². The molecule has 4 heteroatoms. The van der Waals surface area contributed by atoms with Crippen LogP contribution in [0.2, 0.25) is 0 Å². The number of hydrogen-bond donors (Lipinski definition) is 1. The summed E-state index contributed by atoms with van der Waals surface area (Å²) in [6.07, 6.45) is 1.06. The number of benzene rings is 2. The summed E-state index contributed by atoms with van der Waals surface area (Å²) in [5, 5.41) is 3.44. The van der Waals surface area contributed by atoms with Crippen LogP contribution < -0.4 is 14.8 Å². The zero-order valence-electron chi connectivity index (χ0n) is 13.3. The molecule has 2 aromatic rings. The fraction of sp³-hybridized carbons (Fsp3) is 0.333. The van der Waals surface area contributed by atoms with Gasteiger partial charge in [-0.25, -0.2) is 0 Å². The van der Waals surface area contributed by atoms with Crippen LogP contribution >= 0.6 is 22.6 Å². The van der Waals surface area contributed by atoms with Crippen molar-refractivity contribution in [2.24, 2.45) is 0 Å². The van der Waals surface area contributed by atoms with Gasteiger partial charge in [-0.2, -0.15) is 0 Å². The maximum atomic E-state index is 5.65. The van der Waals surface area contributed by atoms with E-state index in [0.29, 0.717) is 6.61 Å². The van der Waals surface area contributed by atoms with Crippen molar-refractivity contribution in [1.29, 1.82) is 0 Å². The third-order valence-corrected chi connectivity index (χ3v) is 4.24. The fourth-order valence-corrected chi connectivity index (χ4v) is 3.04. The largest absolute Gasteiger partial charge is 0.493 e. The molecule has 0 saturated heterocycles. The average Bonchev–Trinajstić information content (AvgIpc) is 2.55. The van der Waals surface area contributed by atoms with E-state index in [9.17, 15) is 0 Å². The van der Waals surface area contributed by atoms with Crippen LogP contribution in [0.25, 0.3) is 0 Å². The number of nitrogens with one attached hydrogen (secondary N) is 1. The van der Waals surface area contributed by atoms with Gasteiger partial charge in [-0.1, -0.05) is 19.1 Å². The summed E-state index contributed by atoms with van der Waals surface area (Å²) in [4.78, 5) is 0. The molecule has 0 heterocycles. The molecular formula is C18H22INO2. The molecule has 0 aliphatic rings. The van der Waals surface area contributed by atoms with Gasteiger partial charge in [-0.3, -0.25) is 0 Å². The third-order valence-electron chi connectivity index (χ3n) is 3.44. The van der Waals surface area contributed by atoms with Gasteiger partial charge in [0.25, 0.3) is 0 Å². The van der Waals surface area contributed by atoms with Crippen LogP contribution in [-0.2, 0) is 13.0 Å². The summed E-state index contributed by atoms with van der Waals surface area (Å²) < 4.78 is 12.2. The van der Waals surface area contributed by atoms with Gasteiger partial charge in [0.1, 0.15) is 0 Å². The first-order valence-corrected chi connectivity index (χ1v) is 8.57. The van der Waals surface area contributed by atoms with Crippen molar-refractivity contribution < 1.29 is 9.47 Å². The van der Waals surface area contributed by atoms with Crippen molar-refractivity contribution in [1.82, 2.24) is 0 Å². The molecule has 118 valence electrons. The van der Waals surface area contributed by atoms with Gasteiger partial charge in [0.2, 0.25) is 0 Å². The van der Waals surface area contributed by atoms with Crippen LogP contribution in [0, 0.1) is 3.57 Å². The second kappa shape index (κ2) is 8.27. The highest BCUT2D eigenvalue weighted by Gasteiger charge is 2.11. The lowest BCUT2D eigenvalue weighted by atomic mass is 10.1. The summed E-state index contributed by atoms with van der Waals surface area (Å²) in [5.41, 5.74) is 3.65. The molecule has 0 aliphatic heterocycles. The van der Waals surface area contributed by atoms with Gasteiger partial charge in [-0.15, -0.1) is 0 Å². The summed E-state index contributed by atoms with van der Waals surface area (Å²) in [6.45, 7) is 5.53. The number of hydrogen-bond acceptors (Lipinski definition) is 3. The van der Waals surface area contributed by atoms with E-state index < -0.39 is 0 Å². The Labute approximate surface area is 146 Å². The summed E-state index contributed by atoms with van der Waals surface area (Å²) in [6, 6.07) is 12.7. The zero-order valence-corrected chi connectivity index (χ0v) is 15.4. The maximum Gasteiger partial charge on any atom is 0.174 e. The number of rotatable bonds is 7. The van der Waals surface area contributed by atoms with Crippen molar-refractivity contribution in [3.63, 3.8) is 0 Å². The fourth-order valence-electron chi connectivity index (χ4n) is 2.22. The van der Waals surface area contributed by atoms with Crippen molar-refractivity contribution in [2.45, 2.75) is 26.8 Å².